The maximum Gasteiger partial charge on any atom is 0.360 e. The van der Waals surface area contributed by atoms with Gasteiger partial charge in [-0.25, -0.2) is 4.79 Å². The molecule has 0 amide bonds. The molecule has 20 heavy (non-hydrogen) atoms. The Morgan fingerprint density at radius 3 is 2.95 bits per heavy atom. The van der Waals surface area contributed by atoms with Crippen molar-refractivity contribution in [1.82, 2.24) is 4.98 Å². The van der Waals surface area contributed by atoms with E-state index in [1.807, 2.05) is 0 Å². The van der Waals surface area contributed by atoms with Gasteiger partial charge in [0.05, 0.1) is 6.61 Å². The highest BCUT2D eigenvalue weighted by molar-refractivity contribution is 5.87. The molecule has 2 heterocycles. The van der Waals surface area contributed by atoms with Crippen molar-refractivity contribution in [3.63, 3.8) is 0 Å². The number of rotatable bonds is 4. The minimum absolute atomic E-state index is 0.277. The second-order valence-electron chi connectivity index (χ2n) is 5.68. The van der Waals surface area contributed by atoms with Crippen molar-refractivity contribution in [3.05, 3.63) is 12.0 Å². The first kappa shape index (κ1) is 13.5. The third-order valence-electron chi connectivity index (χ3n) is 4.47. The van der Waals surface area contributed by atoms with Crippen LogP contribution in [0.15, 0.2) is 10.7 Å². The average molecular weight is 278 g/mol. The van der Waals surface area contributed by atoms with E-state index in [0.717, 1.165) is 12.5 Å². The summed E-state index contributed by atoms with van der Waals surface area (Å²) in [5.74, 6) is 0.356. The minimum atomic E-state index is -0.404. The van der Waals surface area contributed by atoms with E-state index < -0.39 is 5.97 Å². The number of hydrogen-bond donors (Lipinski definition) is 0. The first-order valence-electron chi connectivity index (χ1n) is 7.69. The van der Waals surface area contributed by atoms with Crippen LogP contribution in [0.5, 0.6) is 0 Å². The van der Waals surface area contributed by atoms with Gasteiger partial charge in [-0.2, -0.15) is 4.98 Å². The Balaban J connectivity index is 1.72. The molecule has 1 unspecified atom stereocenters. The Kier molecular flexibility index (Phi) is 3.94. The van der Waals surface area contributed by atoms with Crippen LogP contribution >= 0.6 is 0 Å². The zero-order valence-corrected chi connectivity index (χ0v) is 12.0. The van der Waals surface area contributed by atoms with Gasteiger partial charge in [0.2, 0.25) is 0 Å². The van der Waals surface area contributed by atoms with Gasteiger partial charge in [0.1, 0.15) is 6.26 Å². The van der Waals surface area contributed by atoms with Gasteiger partial charge in [-0.1, -0.05) is 12.8 Å². The summed E-state index contributed by atoms with van der Waals surface area (Å²) in [4.78, 5) is 18.2. The number of hydrogen-bond acceptors (Lipinski definition) is 5. The molecule has 2 fully saturated rings. The van der Waals surface area contributed by atoms with Crippen LogP contribution in [0.4, 0.5) is 6.01 Å². The summed E-state index contributed by atoms with van der Waals surface area (Å²) >= 11 is 0. The van der Waals surface area contributed by atoms with E-state index in [9.17, 15) is 4.79 Å². The van der Waals surface area contributed by atoms with E-state index in [4.69, 9.17) is 9.15 Å². The van der Waals surface area contributed by atoms with Crippen molar-refractivity contribution in [1.29, 1.82) is 0 Å². The lowest BCUT2D eigenvalue weighted by Crippen LogP contribution is -2.34. The molecular formula is C15H22N2O3. The number of esters is 1. The Morgan fingerprint density at radius 1 is 1.40 bits per heavy atom. The largest absolute Gasteiger partial charge is 0.461 e. The van der Waals surface area contributed by atoms with Gasteiger partial charge in [0.25, 0.3) is 6.01 Å². The summed E-state index contributed by atoms with van der Waals surface area (Å²) in [5.41, 5.74) is 0.277. The number of anilines is 1. The number of ether oxygens (including phenoxy) is 1. The molecule has 0 aromatic carbocycles. The number of aromatic nitrogens is 1. The average Bonchev–Trinajstić information content (AvgIpc) is 3.19. The van der Waals surface area contributed by atoms with E-state index in [1.165, 1.54) is 44.8 Å². The molecule has 0 spiro atoms. The van der Waals surface area contributed by atoms with Crippen LogP contribution < -0.4 is 4.90 Å². The molecule has 1 aromatic heterocycles. The van der Waals surface area contributed by atoms with Crippen molar-refractivity contribution >= 4 is 12.0 Å². The molecule has 1 aliphatic carbocycles. The van der Waals surface area contributed by atoms with E-state index in [0.29, 0.717) is 18.7 Å². The van der Waals surface area contributed by atoms with Crippen LogP contribution in [0.3, 0.4) is 0 Å². The van der Waals surface area contributed by atoms with Crippen molar-refractivity contribution in [3.8, 4) is 0 Å². The van der Waals surface area contributed by atoms with Gasteiger partial charge in [-0.3, -0.25) is 0 Å². The van der Waals surface area contributed by atoms with Gasteiger partial charge in [-0.15, -0.1) is 0 Å². The molecule has 1 aromatic rings. The van der Waals surface area contributed by atoms with E-state index in [2.05, 4.69) is 9.88 Å². The lowest BCUT2D eigenvalue weighted by atomic mass is 9.96. The highest BCUT2D eigenvalue weighted by Gasteiger charge is 2.35. The van der Waals surface area contributed by atoms with Crippen LogP contribution in [0.2, 0.25) is 0 Å². The number of oxazole rings is 1. The molecule has 1 aliphatic heterocycles. The molecule has 5 heteroatoms. The summed E-state index contributed by atoms with van der Waals surface area (Å²) in [6.45, 7) is 3.12. The SMILES string of the molecule is CCOC(=O)c1coc(N2CCCC2C2CCCC2)n1. The summed E-state index contributed by atoms with van der Waals surface area (Å²) in [5, 5.41) is 0. The number of nitrogens with zero attached hydrogens (tertiary/aromatic N) is 2. The van der Waals surface area contributed by atoms with Crippen LogP contribution in [0.1, 0.15) is 55.9 Å². The molecule has 5 nitrogen and oxygen atoms in total. The fourth-order valence-electron chi connectivity index (χ4n) is 3.56. The molecule has 2 aliphatic rings. The maximum absolute atomic E-state index is 11.6. The fourth-order valence-corrected chi connectivity index (χ4v) is 3.56. The molecule has 0 N–H and O–H groups in total. The predicted octanol–water partition coefficient (Wildman–Crippen LogP) is 3.01. The smallest absolute Gasteiger partial charge is 0.360 e. The molecule has 3 rings (SSSR count). The topological polar surface area (TPSA) is 55.6 Å². The lowest BCUT2D eigenvalue weighted by Gasteiger charge is -2.27. The van der Waals surface area contributed by atoms with Crippen molar-refractivity contribution in [2.24, 2.45) is 5.92 Å². The highest BCUT2D eigenvalue weighted by Crippen LogP contribution is 2.37. The zero-order valence-electron chi connectivity index (χ0n) is 12.0. The van der Waals surface area contributed by atoms with Gasteiger partial charge in [0, 0.05) is 12.6 Å². The molecule has 1 saturated carbocycles. The van der Waals surface area contributed by atoms with Crippen LogP contribution in [-0.4, -0.2) is 30.1 Å². The summed E-state index contributed by atoms with van der Waals surface area (Å²) in [6.07, 6.45) is 9.11. The molecule has 1 saturated heterocycles. The molecular weight excluding hydrogens is 256 g/mol. The highest BCUT2D eigenvalue weighted by atomic mass is 16.5. The summed E-state index contributed by atoms with van der Waals surface area (Å²) in [6, 6.07) is 1.12. The van der Waals surface area contributed by atoms with E-state index in [-0.39, 0.29) is 5.69 Å². The second-order valence-corrected chi connectivity index (χ2v) is 5.68. The Labute approximate surface area is 119 Å². The first-order valence-corrected chi connectivity index (χ1v) is 7.69. The Morgan fingerprint density at radius 2 is 2.20 bits per heavy atom. The van der Waals surface area contributed by atoms with Crippen LogP contribution in [0.25, 0.3) is 0 Å². The minimum Gasteiger partial charge on any atom is -0.461 e. The third kappa shape index (κ3) is 2.53. The molecule has 0 bridgehead atoms. The summed E-state index contributed by atoms with van der Waals surface area (Å²) < 4.78 is 10.5. The third-order valence-corrected chi connectivity index (χ3v) is 4.47. The van der Waals surface area contributed by atoms with Gasteiger partial charge in [-0.05, 0) is 38.5 Å². The second kappa shape index (κ2) is 5.85. The van der Waals surface area contributed by atoms with Crippen molar-refractivity contribution < 1.29 is 13.9 Å². The quantitative estimate of drug-likeness (QED) is 0.792. The van der Waals surface area contributed by atoms with E-state index in [1.54, 1.807) is 6.92 Å². The number of carbonyl (C=O) groups is 1. The van der Waals surface area contributed by atoms with Gasteiger partial charge < -0.3 is 14.1 Å². The summed E-state index contributed by atoms with van der Waals surface area (Å²) in [7, 11) is 0. The molecule has 1 atom stereocenters. The fraction of sp³-hybridized carbons (Fsp3) is 0.733. The van der Waals surface area contributed by atoms with Gasteiger partial charge in [0.15, 0.2) is 5.69 Å². The van der Waals surface area contributed by atoms with Gasteiger partial charge >= 0.3 is 5.97 Å². The monoisotopic (exact) mass is 278 g/mol. The lowest BCUT2D eigenvalue weighted by molar-refractivity contribution is 0.0519. The number of carbonyl (C=O) groups excluding carboxylic acids is 1. The Bertz CT molecular complexity index is 465. The normalized spacial score (nSPS) is 23.4. The molecule has 110 valence electrons. The predicted molar refractivity (Wildman–Crippen MR) is 74.8 cm³/mol. The standard InChI is InChI=1S/C15H22N2O3/c1-2-19-14(18)12-10-20-15(16-12)17-9-5-8-13(17)11-6-3-4-7-11/h10-11,13H,2-9H2,1H3. The van der Waals surface area contributed by atoms with E-state index >= 15 is 0 Å². The zero-order chi connectivity index (χ0) is 13.9. The molecule has 0 radical (unpaired) electrons. The maximum atomic E-state index is 11.6. The van der Waals surface area contributed by atoms with Crippen molar-refractivity contribution in [2.75, 3.05) is 18.1 Å². The Hall–Kier alpha value is -1.52. The first-order chi connectivity index (χ1) is 9.79. The van der Waals surface area contributed by atoms with Crippen LogP contribution in [-0.2, 0) is 4.74 Å². The van der Waals surface area contributed by atoms with Crippen LogP contribution in [0, 0.1) is 5.92 Å². The van der Waals surface area contributed by atoms with Crippen molar-refractivity contribution in [2.45, 2.75) is 51.5 Å².